The van der Waals surface area contributed by atoms with E-state index in [-0.39, 0.29) is 6.04 Å². The van der Waals surface area contributed by atoms with Crippen LogP contribution in [-0.2, 0) is 0 Å². The Balaban J connectivity index is 2.30. The zero-order chi connectivity index (χ0) is 14.8. The third-order valence-electron chi connectivity index (χ3n) is 3.71. The fourth-order valence-electron chi connectivity index (χ4n) is 2.47. The van der Waals surface area contributed by atoms with Gasteiger partial charge in [0.15, 0.2) is 0 Å². The minimum Gasteiger partial charge on any atom is -0.496 e. The minimum atomic E-state index is 0.0775. The summed E-state index contributed by atoms with van der Waals surface area (Å²) in [5.41, 5.74) is 7.40. The smallest absolute Gasteiger partial charge is 0.124 e. The number of halogens is 1. The van der Waals surface area contributed by atoms with Crippen molar-refractivity contribution in [2.45, 2.75) is 64.3 Å². The Bertz CT molecular complexity index is 381. The highest BCUT2D eigenvalue weighted by Crippen LogP contribution is 2.30. The molecule has 0 bridgehead atoms. The Morgan fingerprint density at radius 3 is 2.40 bits per heavy atom. The van der Waals surface area contributed by atoms with E-state index in [1.807, 2.05) is 12.1 Å². The second-order valence-electron chi connectivity index (χ2n) is 5.40. The first-order valence-electron chi connectivity index (χ1n) is 7.78. The third kappa shape index (κ3) is 6.27. The van der Waals surface area contributed by atoms with E-state index in [9.17, 15) is 0 Å². The zero-order valence-electron chi connectivity index (χ0n) is 12.8. The molecule has 0 saturated carbocycles. The summed E-state index contributed by atoms with van der Waals surface area (Å²) in [5, 5.41) is 0. The average molecular weight is 342 g/mol. The largest absolute Gasteiger partial charge is 0.496 e. The van der Waals surface area contributed by atoms with Crippen LogP contribution in [0.2, 0.25) is 0 Å². The van der Waals surface area contributed by atoms with Crippen molar-refractivity contribution in [1.82, 2.24) is 0 Å². The Morgan fingerprint density at radius 1 is 1.10 bits per heavy atom. The summed E-state index contributed by atoms with van der Waals surface area (Å²) in [6.45, 7) is 2.25. The molecule has 1 aromatic carbocycles. The normalized spacial score (nSPS) is 12.4. The summed E-state index contributed by atoms with van der Waals surface area (Å²) in [6, 6.07) is 6.16. The van der Waals surface area contributed by atoms with Gasteiger partial charge >= 0.3 is 0 Å². The lowest BCUT2D eigenvalue weighted by molar-refractivity contribution is 0.402. The number of rotatable bonds is 10. The average Bonchev–Trinajstić information content (AvgIpc) is 2.45. The van der Waals surface area contributed by atoms with Gasteiger partial charge in [-0.1, -0.05) is 73.9 Å². The predicted molar refractivity (Wildman–Crippen MR) is 90.2 cm³/mol. The molecule has 2 N–H and O–H groups in total. The molecule has 0 spiro atoms. The number of hydrogen-bond acceptors (Lipinski definition) is 2. The standard InChI is InChI=1S/C17H28BrNO/c1-3-4-5-6-7-8-9-10-16(19)15-12-11-14(18)13-17(15)20-2/h11-13,16H,3-10,19H2,1-2H3. The lowest BCUT2D eigenvalue weighted by Crippen LogP contribution is -2.11. The first-order valence-corrected chi connectivity index (χ1v) is 8.57. The molecule has 0 aliphatic heterocycles. The van der Waals surface area contributed by atoms with E-state index in [1.54, 1.807) is 7.11 Å². The molecule has 114 valence electrons. The summed E-state index contributed by atoms with van der Waals surface area (Å²) in [6.07, 6.45) is 10.3. The Hall–Kier alpha value is -0.540. The second-order valence-corrected chi connectivity index (χ2v) is 6.32. The molecule has 3 heteroatoms. The van der Waals surface area contributed by atoms with Crippen LogP contribution in [0, 0.1) is 0 Å². The van der Waals surface area contributed by atoms with Gasteiger partial charge in [-0.15, -0.1) is 0 Å². The van der Waals surface area contributed by atoms with Crippen molar-refractivity contribution in [3.63, 3.8) is 0 Å². The minimum absolute atomic E-state index is 0.0775. The van der Waals surface area contributed by atoms with Crippen molar-refractivity contribution in [3.8, 4) is 5.75 Å². The first kappa shape index (κ1) is 17.5. The molecule has 0 aliphatic carbocycles. The van der Waals surface area contributed by atoms with Gasteiger partial charge in [-0.2, -0.15) is 0 Å². The Morgan fingerprint density at radius 2 is 1.75 bits per heavy atom. The lowest BCUT2D eigenvalue weighted by Gasteiger charge is -2.16. The molecule has 1 rings (SSSR count). The number of benzene rings is 1. The van der Waals surface area contributed by atoms with Crippen molar-refractivity contribution < 1.29 is 4.74 Å². The van der Waals surface area contributed by atoms with Crippen LogP contribution in [0.25, 0.3) is 0 Å². The van der Waals surface area contributed by atoms with Gasteiger partial charge < -0.3 is 10.5 Å². The van der Waals surface area contributed by atoms with E-state index in [0.29, 0.717) is 0 Å². The monoisotopic (exact) mass is 341 g/mol. The van der Waals surface area contributed by atoms with Crippen LogP contribution in [0.5, 0.6) is 5.75 Å². The van der Waals surface area contributed by atoms with Crippen LogP contribution in [0.3, 0.4) is 0 Å². The molecule has 0 aromatic heterocycles. The van der Waals surface area contributed by atoms with Gasteiger partial charge in [-0.05, 0) is 18.6 Å². The summed E-state index contributed by atoms with van der Waals surface area (Å²) in [7, 11) is 1.70. The molecule has 0 saturated heterocycles. The van der Waals surface area contributed by atoms with Gasteiger partial charge in [-0.25, -0.2) is 0 Å². The van der Waals surface area contributed by atoms with Crippen LogP contribution in [0.15, 0.2) is 22.7 Å². The number of methoxy groups -OCH3 is 1. The SMILES string of the molecule is CCCCCCCCCC(N)c1ccc(Br)cc1OC. The maximum atomic E-state index is 6.29. The van der Waals surface area contributed by atoms with Crippen molar-refractivity contribution in [2.75, 3.05) is 7.11 Å². The molecule has 0 radical (unpaired) electrons. The van der Waals surface area contributed by atoms with Gasteiger partial charge in [0.2, 0.25) is 0 Å². The fourth-order valence-corrected chi connectivity index (χ4v) is 2.81. The highest BCUT2D eigenvalue weighted by atomic mass is 79.9. The maximum absolute atomic E-state index is 6.29. The van der Waals surface area contributed by atoms with Crippen LogP contribution in [-0.4, -0.2) is 7.11 Å². The molecule has 0 fully saturated rings. The topological polar surface area (TPSA) is 35.2 Å². The van der Waals surface area contributed by atoms with Crippen LogP contribution in [0.1, 0.15) is 69.9 Å². The molecule has 0 amide bonds. The molecular weight excluding hydrogens is 314 g/mol. The van der Waals surface area contributed by atoms with Crippen LogP contribution >= 0.6 is 15.9 Å². The van der Waals surface area contributed by atoms with Gasteiger partial charge in [0.1, 0.15) is 5.75 Å². The van der Waals surface area contributed by atoms with Gasteiger partial charge in [0, 0.05) is 16.1 Å². The fraction of sp³-hybridized carbons (Fsp3) is 0.647. The predicted octanol–water partition coefficient (Wildman–Crippen LogP) is 5.60. The molecule has 1 atom stereocenters. The van der Waals surface area contributed by atoms with Crippen LogP contribution < -0.4 is 10.5 Å². The number of nitrogens with two attached hydrogens (primary N) is 1. The molecule has 20 heavy (non-hydrogen) atoms. The second kappa shape index (κ2) is 10.2. The van der Waals surface area contributed by atoms with E-state index in [1.165, 1.54) is 44.9 Å². The molecule has 1 unspecified atom stereocenters. The lowest BCUT2D eigenvalue weighted by atomic mass is 9.99. The molecular formula is C17H28BrNO. The van der Waals surface area contributed by atoms with E-state index in [4.69, 9.17) is 10.5 Å². The highest BCUT2D eigenvalue weighted by molar-refractivity contribution is 9.10. The van der Waals surface area contributed by atoms with Crippen molar-refractivity contribution in [2.24, 2.45) is 5.73 Å². The molecule has 2 nitrogen and oxygen atoms in total. The first-order chi connectivity index (χ1) is 9.69. The summed E-state index contributed by atoms with van der Waals surface area (Å²) >= 11 is 3.46. The van der Waals surface area contributed by atoms with Crippen LogP contribution in [0.4, 0.5) is 0 Å². The van der Waals surface area contributed by atoms with E-state index in [0.717, 1.165) is 22.2 Å². The maximum Gasteiger partial charge on any atom is 0.124 e. The Labute approximate surface area is 132 Å². The van der Waals surface area contributed by atoms with Crippen molar-refractivity contribution in [3.05, 3.63) is 28.2 Å². The number of unbranched alkanes of at least 4 members (excludes halogenated alkanes) is 6. The number of hydrogen-bond donors (Lipinski definition) is 1. The number of ether oxygens (including phenoxy) is 1. The van der Waals surface area contributed by atoms with E-state index >= 15 is 0 Å². The van der Waals surface area contributed by atoms with E-state index < -0.39 is 0 Å². The molecule has 0 heterocycles. The zero-order valence-corrected chi connectivity index (χ0v) is 14.4. The van der Waals surface area contributed by atoms with Gasteiger partial charge in [-0.3, -0.25) is 0 Å². The molecule has 1 aromatic rings. The third-order valence-corrected chi connectivity index (χ3v) is 4.21. The molecule has 0 aliphatic rings. The summed E-state index contributed by atoms with van der Waals surface area (Å²) in [4.78, 5) is 0. The van der Waals surface area contributed by atoms with Crippen molar-refractivity contribution in [1.29, 1.82) is 0 Å². The van der Waals surface area contributed by atoms with E-state index in [2.05, 4.69) is 28.9 Å². The summed E-state index contributed by atoms with van der Waals surface area (Å²) < 4.78 is 6.44. The quantitative estimate of drug-likeness (QED) is 0.562. The summed E-state index contributed by atoms with van der Waals surface area (Å²) in [5.74, 6) is 0.884. The Kier molecular flexibility index (Phi) is 8.95. The van der Waals surface area contributed by atoms with Crippen molar-refractivity contribution >= 4 is 15.9 Å². The highest BCUT2D eigenvalue weighted by Gasteiger charge is 2.11. The van der Waals surface area contributed by atoms with Gasteiger partial charge in [0.25, 0.3) is 0 Å². The van der Waals surface area contributed by atoms with Gasteiger partial charge in [0.05, 0.1) is 7.11 Å².